The summed E-state index contributed by atoms with van der Waals surface area (Å²) in [6, 6.07) is 13.7. The Kier molecular flexibility index (Phi) is 5.20. The lowest BCUT2D eigenvalue weighted by atomic mass is 9.99. The van der Waals surface area contributed by atoms with Gasteiger partial charge in [-0.15, -0.1) is 0 Å². The molecule has 0 aliphatic carbocycles. The number of benzene rings is 2. The Morgan fingerprint density at radius 3 is 2.55 bits per heavy atom. The highest BCUT2D eigenvalue weighted by molar-refractivity contribution is 6.21. The van der Waals surface area contributed by atoms with Gasteiger partial charge in [0.15, 0.2) is 0 Å². The van der Waals surface area contributed by atoms with E-state index in [-0.39, 0.29) is 24.7 Å². The van der Waals surface area contributed by atoms with Gasteiger partial charge in [-0.1, -0.05) is 24.3 Å². The number of carbonyl (C=O) groups is 3. The van der Waals surface area contributed by atoms with E-state index in [0.717, 1.165) is 11.3 Å². The Morgan fingerprint density at radius 2 is 1.83 bits per heavy atom. The second kappa shape index (κ2) is 7.95. The Hall–Kier alpha value is -3.35. The fourth-order valence-electron chi connectivity index (χ4n) is 3.84. The molecule has 1 fully saturated rings. The number of nitrogens with zero attached hydrogens (tertiary/aromatic N) is 2. The molecule has 150 valence electrons. The van der Waals surface area contributed by atoms with Crippen LogP contribution in [0.4, 0.5) is 10.5 Å². The summed E-state index contributed by atoms with van der Waals surface area (Å²) in [4.78, 5) is 40.6. The van der Waals surface area contributed by atoms with Crippen molar-refractivity contribution in [3.8, 4) is 5.75 Å². The van der Waals surface area contributed by atoms with Gasteiger partial charge in [0.25, 0.3) is 5.91 Å². The van der Waals surface area contributed by atoms with Crippen LogP contribution in [0.25, 0.3) is 0 Å². The zero-order valence-corrected chi connectivity index (χ0v) is 16.3. The predicted molar refractivity (Wildman–Crippen MR) is 108 cm³/mol. The van der Waals surface area contributed by atoms with Gasteiger partial charge in [-0.25, -0.2) is 9.69 Å². The normalized spacial score (nSPS) is 18.4. The molecule has 2 aromatic carbocycles. The zero-order chi connectivity index (χ0) is 20.4. The molecule has 0 bridgehead atoms. The molecule has 7 heteroatoms. The summed E-state index contributed by atoms with van der Waals surface area (Å²) in [6.07, 6.45) is 1.34. The van der Waals surface area contributed by atoms with Crippen LogP contribution in [-0.2, 0) is 22.6 Å². The number of urea groups is 1. The van der Waals surface area contributed by atoms with Crippen LogP contribution in [-0.4, -0.2) is 42.4 Å². The summed E-state index contributed by atoms with van der Waals surface area (Å²) in [6.45, 7) is 1.27. The fraction of sp³-hybridized carbons (Fsp3) is 0.318. The number of fused-ring (bicyclic) bond motifs is 1. The van der Waals surface area contributed by atoms with Crippen LogP contribution in [0.2, 0.25) is 0 Å². The number of hydrogen-bond acceptors (Lipinski definition) is 4. The fourth-order valence-corrected chi connectivity index (χ4v) is 3.84. The largest absolute Gasteiger partial charge is 0.497 e. The first-order valence-corrected chi connectivity index (χ1v) is 9.70. The smallest absolute Gasteiger partial charge is 0.329 e. The van der Waals surface area contributed by atoms with Gasteiger partial charge < -0.3 is 15.0 Å². The van der Waals surface area contributed by atoms with Crippen molar-refractivity contribution in [3.63, 3.8) is 0 Å². The molecule has 4 amide bonds. The maximum atomic E-state index is 12.7. The van der Waals surface area contributed by atoms with Crippen LogP contribution in [0.1, 0.15) is 24.0 Å². The van der Waals surface area contributed by atoms with Gasteiger partial charge in [0, 0.05) is 19.5 Å². The van der Waals surface area contributed by atoms with Gasteiger partial charge in [-0.3, -0.25) is 9.59 Å². The monoisotopic (exact) mass is 393 g/mol. The Morgan fingerprint density at radius 1 is 1.10 bits per heavy atom. The molecule has 2 heterocycles. The molecule has 7 nitrogen and oxygen atoms in total. The standard InChI is InChI=1S/C22H23N3O4/c1-29-18-8-6-17(7-9-18)25-21(27)19(23-22(25)28)10-11-20(26)24-13-12-15-4-2-3-5-16(15)14-24/h2-9,19H,10-14H2,1H3,(H,23,28)/t19-/m1/s1. The maximum absolute atomic E-state index is 12.7. The Balaban J connectivity index is 1.36. The van der Waals surface area contributed by atoms with E-state index in [4.69, 9.17) is 4.74 Å². The first-order valence-electron chi connectivity index (χ1n) is 9.70. The van der Waals surface area contributed by atoms with Crippen LogP contribution in [0, 0.1) is 0 Å². The highest BCUT2D eigenvalue weighted by Crippen LogP contribution is 2.24. The highest BCUT2D eigenvalue weighted by atomic mass is 16.5. The van der Waals surface area contributed by atoms with E-state index < -0.39 is 12.1 Å². The maximum Gasteiger partial charge on any atom is 0.329 e. The van der Waals surface area contributed by atoms with Crippen LogP contribution in [0.5, 0.6) is 5.75 Å². The van der Waals surface area contributed by atoms with Crippen LogP contribution < -0.4 is 15.0 Å². The minimum atomic E-state index is -0.689. The quantitative estimate of drug-likeness (QED) is 0.792. The summed E-state index contributed by atoms with van der Waals surface area (Å²) >= 11 is 0. The average Bonchev–Trinajstić information content (AvgIpc) is 3.04. The number of hydrogen-bond donors (Lipinski definition) is 1. The van der Waals surface area contributed by atoms with E-state index in [1.54, 1.807) is 31.4 Å². The molecule has 2 aliphatic rings. The Labute approximate surface area is 169 Å². The van der Waals surface area contributed by atoms with E-state index in [1.807, 2.05) is 23.1 Å². The van der Waals surface area contributed by atoms with Crippen molar-refractivity contribution < 1.29 is 19.1 Å². The van der Waals surface area contributed by atoms with Crippen LogP contribution in [0.15, 0.2) is 48.5 Å². The summed E-state index contributed by atoms with van der Waals surface area (Å²) in [7, 11) is 1.55. The third kappa shape index (κ3) is 3.81. The number of rotatable bonds is 5. The number of amides is 4. The van der Waals surface area contributed by atoms with Crippen molar-refractivity contribution in [2.75, 3.05) is 18.6 Å². The molecule has 1 atom stereocenters. The van der Waals surface area contributed by atoms with Gasteiger partial charge in [0.1, 0.15) is 11.8 Å². The van der Waals surface area contributed by atoms with E-state index in [2.05, 4.69) is 11.4 Å². The first-order chi connectivity index (χ1) is 14.1. The number of ether oxygens (including phenoxy) is 1. The Bertz CT molecular complexity index is 941. The van der Waals surface area contributed by atoms with Gasteiger partial charge in [-0.2, -0.15) is 0 Å². The molecule has 1 N–H and O–H groups in total. The third-order valence-electron chi connectivity index (χ3n) is 5.48. The minimum absolute atomic E-state index is 0.00412. The molecule has 0 saturated carbocycles. The number of imide groups is 1. The number of methoxy groups -OCH3 is 1. The molecule has 4 rings (SSSR count). The molecule has 0 radical (unpaired) electrons. The summed E-state index contributed by atoms with van der Waals surface area (Å²) in [5.41, 5.74) is 2.93. The third-order valence-corrected chi connectivity index (χ3v) is 5.48. The van der Waals surface area contributed by atoms with Gasteiger partial charge in [0.05, 0.1) is 12.8 Å². The number of anilines is 1. The average molecular weight is 393 g/mol. The van der Waals surface area contributed by atoms with Crippen molar-refractivity contribution in [2.45, 2.75) is 31.8 Å². The minimum Gasteiger partial charge on any atom is -0.497 e. The highest BCUT2D eigenvalue weighted by Gasteiger charge is 2.39. The van der Waals surface area contributed by atoms with Crippen LogP contribution >= 0.6 is 0 Å². The molecule has 29 heavy (non-hydrogen) atoms. The van der Waals surface area contributed by atoms with Crippen molar-refractivity contribution in [2.24, 2.45) is 0 Å². The molecule has 0 spiro atoms. The second-order valence-corrected chi connectivity index (χ2v) is 7.25. The summed E-state index contributed by atoms with van der Waals surface area (Å²) in [5.74, 6) is 0.312. The van der Waals surface area contributed by atoms with Gasteiger partial charge in [-0.05, 0) is 48.2 Å². The molecule has 1 saturated heterocycles. The van der Waals surface area contributed by atoms with Gasteiger partial charge in [0.2, 0.25) is 5.91 Å². The van der Waals surface area contributed by atoms with Crippen molar-refractivity contribution >= 4 is 23.5 Å². The van der Waals surface area contributed by atoms with E-state index in [1.165, 1.54) is 11.1 Å². The van der Waals surface area contributed by atoms with Gasteiger partial charge >= 0.3 is 6.03 Å². The number of carbonyl (C=O) groups excluding carboxylic acids is 3. The molecule has 0 aromatic heterocycles. The topological polar surface area (TPSA) is 79.0 Å². The zero-order valence-electron chi connectivity index (χ0n) is 16.3. The van der Waals surface area contributed by atoms with Crippen molar-refractivity contribution in [3.05, 3.63) is 59.7 Å². The first kappa shape index (κ1) is 19.0. The lowest BCUT2D eigenvalue weighted by Crippen LogP contribution is -2.37. The van der Waals surface area contributed by atoms with Crippen LogP contribution in [0.3, 0.4) is 0 Å². The number of nitrogens with one attached hydrogen (secondary N) is 1. The summed E-state index contributed by atoms with van der Waals surface area (Å²) < 4.78 is 5.11. The molecule has 0 unspecified atom stereocenters. The van der Waals surface area contributed by atoms with E-state index >= 15 is 0 Å². The van der Waals surface area contributed by atoms with E-state index in [0.29, 0.717) is 24.5 Å². The lowest BCUT2D eigenvalue weighted by Gasteiger charge is -2.29. The lowest BCUT2D eigenvalue weighted by molar-refractivity contribution is -0.132. The predicted octanol–water partition coefficient (Wildman–Crippen LogP) is 2.49. The van der Waals surface area contributed by atoms with Crippen molar-refractivity contribution in [1.82, 2.24) is 10.2 Å². The SMILES string of the molecule is COc1ccc(N2C(=O)N[C@H](CCC(=O)N3CCc4ccccc4C3)C2=O)cc1. The molecule has 2 aromatic rings. The summed E-state index contributed by atoms with van der Waals surface area (Å²) in [5, 5.41) is 2.69. The van der Waals surface area contributed by atoms with Crippen molar-refractivity contribution in [1.29, 1.82) is 0 Å². The molecule has 2 aliphatic heterocycles. The second-order valence-electron chi connectivity index (χ2n) is 7.25. The molecular formula is C22H23N3O4. The van der Waals surface area contributed by atoms with E-state index in [9.17, 15) is 14.4 Å². The molecular weight excluding hydrogens is 370 g/mol.